The highest BCUT2D eigenvalue weighted by Gasteiger charge is 2.35. The summed E-state index contributed by atoms with van der Waals surface area (Å²) in [6, 6.07) is 25.5. The third-order valence-corrected chi connectivity index (χ3v) is 6.03. The Morgan fingerprint density at radius 1 is 1.12 bits per heavy atom. The first-order valence-electron chi connectivity index (χ1n) is 10.7. The summed E-state index contributed by atoms with van der Waals surface area (Å²) in [5.74, 6) is 0.697. The molecule has 1 aliphatic heterocycles. The number of nitrogens with two attached hydrogens (primary N) is 1. The molecule has 34 heavy (non-hydrogen) atoms. The van der Waals surface area contributed by atoms with Crippen molar-refractivity contribution in [3.63, 3.8) is 0 Å². The Bertz CT molecular complexity index is 1420. The van der Waals surface area contributed by atoms with Crippen LogP contribution in [0.15, 0.2) is 84.3 Å². The predicted molar refractivity (Wildman–Crippen MR) is 130 cm³/mol. The van der Waals surface area contributed by atoms with Crippen LogP contribution in [0.1, 0.15) is 28.2 Å². The Hall–Kier alpha value is -4.21. The van der Waals surface area contributed by atoms with Gasteiger partial charge in [0.1, 0.15) is 24.0 Å². The van der Waals surface area contributed by atoms with Gasteiger partial charge in [0.05, 0.1) is 17.2 Å². The van der Waals surface area contributed by atoms with E-state index in [0.29, 0.717) is 23.1 Å². The van der Waals surface area contributed by atoms with Crippen molar-refractivity contribution >= 4 is 11.6 Å². The van der Waals surface area contributed by atoms with Crippen molar-refractivity contribution in [2.75, 3.05) is 0 Å². The Kier molecular flexibility index (Phi) is 5.70. The normalized spacial score (nSPS) is 14.8. The Morgan fingerprint density at radius 2 is 1.88 bits per heavy atom. The molecule has 0 radical (unpaired) electrons. The fourth-order valence-electron chi connectivity index (χ4n) is 4.14. The first kappa shape index (κ1) is 21.6. The standard InChI is InChI=1S/C27H21ClN4O2/c1-16-3-2-4-17(13-16)15-33-21-11-7-18(8-12-21)23-22(14-29)26(30)34-27-24(23)25(31-32-27)19-5-9-20(28)10-6-19/h2-13,23H,15,30H2,1H3,(H,31,32)/t23-/m1/s1. The molecular weight excluding hydrogens is 448 g/mol. The maximum atomic E-state index is 9.90. The van der Waals surface area contributed by atoms with Gasteiger partial charge in [-0.3, -0.25) is 5.10 Å². The van der Waals surface area contributed by atoms with Crippen LogP contribution in [0.4, 0.5) is 0 Å². The summed E-state index contributed by atoms with van der Waals surface area (Å²) in [6.07, 6.45) is 0. The molecule has 0 unspecified atom stereocenters. The molecule has 3 N–H and O–H groups in total. The fraction of sp³-hybridized carbons (Fsp3) is 0.111. The number of rotatable bonds is 5. The molecular formula is C27H21ClN4O2. The first-order chi connectivity index (χ1) is 16.5. The molecule has 6 nitrogen and oxygen atoms in total. The van der Waals surface area contributed by atoms with Gasteiger partial charge in [0, 0.05) is 10.6 Å². The smallest absolute Gasteiger partial charge is 0.244 e. The lowest BCUT2D eigenvalue weighted by Crippen LogP contribution is -2.21. The van der Waals surface area contributed by atoms with Crippen LogP contribution in [0.25, 0.3) is 11.3 Å². The zero-order valence-corrected chi connectivity index (χ0v) is 19.1. The molecule has 1 atom stereocenters. The van der Waals surface area contributed by atoms with E-state index in [2.05, 4.69) is 35.3 Å². The van der Waals surface area contributed by atoms with Crippen molar-refractivity contribution in [3.05, 3.63) is 112 Å². The lowest BCUT2D eigenvalue weighted by Gasteiger charge is -2.24. The van der Waals surface area contributed by atoms with E-state index in [1.54, 1.807) is 12.1 Å². The second-order valence-corrected chi connectivity index (χ2v) is 8.53. The van der Waals surface area contributed by atoms with E-state index < -0.39 is 5.92 Å². The van der Waals surface area contributed by atoms with Crippen LogP contribution in [0, 0.1) is 18.3 Å². The number of fused-ring (bicyclic) bond motifs is 1. The highest BCUT2D eigenvalue weighted by atomic mass is 35.5. The number of benzene rings is 3. The number of nitrogens with one attached hydrogen (secondary N) is 1. The van der Waals surface area contributed by atoms with E-state index in [1.807, 2.05) is 48.5 Å². The summed E-state index contributed by atoms with van der Waals surface area (Å²) in [7, 11) is 0. The molecule has 0 saturated carbocycles. The highest BCUT2D eigenvalue weighted by molar-refractivity contribution is 6.30. The van der Waals surface area contributed by atoms with Crippen LogP contribution in [0.3, 0.4) is 0 Å². The summed E-state index contributed by atoms with van der Waals surface area (Å²) < 4.78 is 11.6. The zero-order chi connectivity index (χ0) is 23.7. The monoisotopic (exact) mass is 468 g/mol. The molecule has 1 aromatic heterocycles. The quantitative estimate of drug-likeness (QED) is 0.383. The molecule has 168 valence electrons. The average molecular weight is 469 g/mol. The van der Waals surface area contributed by atoms with Crippen molar-refractivity contribution in [2.45, 2.75) is 19.4 Å². The molecule has 0 bridgehead atoms. The molecule has 0 aliphatic carbocycles. The maximum absolute atomic E-state index is 9.90. The van der Waals surface area contributed by atoms with Gasteiger partial charge in [0.15, 0.2) is 0 Å². The molecule has 5 rings (SSSR count). The summed E-state index contributed by atoms with van der Waals surface area (Å²) in [5.41, 5.74) is 12.0. The number of aryl methyl sites for hydroxylation is 1. The molecule has 7 heteroatoms. The van der Waals surface area contributed by atoms with E-state index in [4.69, 9.17) is 26.8 Å². The highest BCUT2D eigenvalue weighted by Crippen LogP contribution is 2.45. The van der Waals surface area contributed by atoms with Gasteiger partial charge < -0.3 is 15.2 Å². The summed E-state index contributed by atoms with van der Waals surface area (Å²) in [4.78, 5) is 0. The van der Waals surface area contributed by atoms with Gasteiger partial charge in [0.2, 0.25) is 11.8 Å². The van der Waals surface area contributed by atoms with E-state index in [0.717, 1.165) is 33.7 Å². The lowest BCUT2D eigenvalue weighted by atomic mass is 9.83. The minimum atomic E-state index is -0.441. The predicted octanol–water partition coefficient (Wildman–Crippen LogP) is 5.84. The van der Waals surface area contributed by atoms with Gasteiger partial charge in [-0.2, -0.15) is 5.26 Å². The number of nitrogens with zero attached hydrogens (tertiary/aromatic N) is 2. The molecule has 1 aliphatic rings. The number of ether oxygens (including phenoxy) is 2. The molecule has 0 amide bonds. The summed E-state index contributed by atoms with van der Waals surface area (Å²) >= 11 is 6.06. The van der Waals surface area contributed by atoms with Crippen molar-refractivity contribution < 1.29 is 9.47 Å². The Morgan fingerprint density at radius 3 is 2.59 bits per heavy atom. The van der Waals surface area contributed by atoms with Gasteiger partial charge in [0.25, 0.3) is 0 Å². The summed E-state index contributed by atoms with van der Waals surface area (Å²) in [6.45, 7) is 2.53. The van der Waals surface area contributed by atoms with Crippen LogP contribution in [0.2, 0.25) is 5.02 Å². The van der Waals surface area contributed by atoms with Gasteiger partial charge in [-0.15, -0.1) is 5.10 Å². The molecule has 0 saturated heterocycles. The Balaban J connectivity index is 1.48. The van der Waals surface area contributed by atoms with Gasteiger partial charge >= 0.3 is 0 Å². The third-order valence-electron chi connectivity index (χ3n) is 5.77. The first-order valence-corrected chi connectivity index (χ1v) is 11.1. The van der Waals surface area contributed by atoms with Crippen LogP contribution < -0.4 is 15.2 Å². The number of H-pyrrole nitrogens is 1. The third kappa shape index (κ3) is 4.09. The molecule has 4 aromatic rings. The number of nitriles is 1. The number of aromatic amines is 1. The second-order valence-electron chi connectivity index (χ2n) is 8.10. The van der Waals surface area contributed by atoms with Crippen molar-refractivity contribution in [3.8, 4) is 29.0 Å². The number of allylic oxidation sites excluding steroid dienone is 1. The van der Waals surface area contributed by atoms with Crippen LogP contribution >= 0.6 is 11.6 Å². The van der Waals surface area contributed by atoms with Crippen molar-refractivity contribution in [2.24, 2.45) is 5.73 Å². The average Bonchev–Trinajstić information content (AvgIpc) is 3.26. The van der Waals surface area contributed by atoms with Crippen molar-refractivity contribution in [1.82, 2.24) is 10.2 Å². The molecule has 2 heterocycles. The van der Waals surface area contributed by atoms with Gasteiger partial charge in [-0.05, 0) is 42.3 Å². The molecule has 3 aromatic carbocycles. The number of hydrogen-bond acceptors (Lipinski definition) is 5. The number of hydrogen-bond donors (Lipinski definition) is 2. The number of aromatic nitrogens is 2. The summed E-state index contributed by atoms with van der Waals surface area (Å²) in [5, 5.41) is 17.9. The maximum Gasteiger partial charge on any atom is 0.244 e. The second kappa shape index (κ2) is 8.97. The minimum Gasteiger partial charge on any atom is -0.489 e. The Labute approximate surface area is 202 Å². The van der Waals surface area contributed by atoms with Crippen LogP contribution in [0.5, 0.6) is 11.6 Å². The van der Waals surface area contributed by atoms with Crippen LogP contribution in [-0.2, 0) is 6.61 Å². The fourth-order valence-corrected chi connectivity index (χ4v) is 4.27. The zero-order valence-electron chi connectivity index (χ0n) is 18.4. The minimum absolute atomic E-state index is 0.0499. The lowest BCUT2D eigenvalue weighted by molar-refractivity contribution is 0.306. The van der Waals surface area contributed by atoms with Gasteiger partial charge in [-0.1, -0.05) is 65.7 Å². The van der Waals surface area contributed by atoms with E-state index >= 15 is 0 Å². The van der Waals surface area contributed by atoms with Gasteiger partial charge in [-0.25, -0.2) is 0 Å². The largest absolute Gasteiger partial charge is 0.489 e. The SMILES string of the molecule is Cc1cccc(COc2ccc([C@@H]3C(C#N)=C(N)Oc4n[nH]c(-c5ccc(Cl)cc5)c43)cc2)c1. The van der Waals surface area contributed by atoms with E-state index in [-0.39, 0.29) is 5.88 Å². The molecule has 0 spiro atoms. The number of halogens is 1. The molecule has 0 fully saturated rings. The van der Waals surface area contributed by atoms with Crippen molar-refractivity contribution in [1.29, 1.82) is 5.26 Å². The van der Waals surface area contributed by atoms with E-state index in [9.17, 15) is 5.26 Å². The van der Waals surface area contributed by atoms with E-state index in [1.165, 1.54) is 5.56 Å². The van der Waals surface area contributed by atoms with Crippen LogP contribution in [-0.4, -0.2) is 10.2 Å². The topological polar surface area (TPSA) is 96.9 Å².